The predicted molar refractivity (Wildman–Crippen MR) is 104 cm³/mol. The van der Waals surface area contributed by atoms with Crippen molar-refractivity contribution in [2.45, 2.75) is 36.2 Å². The number of nitrogens with zero attached hydrogens (tertiary/aromatic N) is 2. The van der Waals surface area contributed by atoms with E-state index in [9.17, 15) is 9.59 Å². The fourth-order valence-electron chi connectivity index (χ4n) is 2.75. The maximum Gasteiger partial charge on any atom is 0.266 e. The number of para-hydroxylation sites is 2. The van der Waals surface area contributed by atoms with Gasteiger partial charge in [0.25, 0.3) is 5.56 Å². The van der Waals surface area contributed by atoms with E-state index in [1.807, 2.05) is 55.5 Å². The van der Waals surface area contributed by atoms with Crippen molar-refractivity contribution < 1.29 is 4.79 Å². The first-order chi connectivity index (χ1) is 12.6. The number of carbonyl (C=O) groups is 1. The molecule has 2 aromatic carbocycles. The Balaban J connectivity index is 1.79. The third kappa shape index (κ3) is 3.37. The molecule has 0 saturated heterocycles. The Morgan fingerprint density at radius 2 is 1.85 bits per heavy atom. The van der Waals surface area contributed by atoms with Crippen molar-refractivity contribution >= 4 is 28.6 Å². The smallest absolute Gasteiger partial charge is 0.266 e. The second-order valence-corrected chi connectivity index (χ2v) is 7.74. The molecule has 4 rings (SSSR count). The van der Waals surface area contributed by atoms with Gasteiger partial charge in [0.1, 0.15) is 0 Å². The molecule has 5 nitrogen and oxygen atoms in total. The molecule has 1 aromatic heterocycles. The van der Waals surface area contributed by atoms with E-state index in [2.05, 4.69) is 10.3 Å². The zero-order valence-corrected chi connectivity index (χ0v) is 15.2. The van der Waals surface area contributed by atoms with Crippen LogP contribution in [0.1, 0.15) is 19.8 Å². The van der Waals surface area contributed by atoms with Gasteiger partial charge in [-0.3, -0.25) is 14.2 Å². The number of fused-ring (bicyclic) bond motifs is 1. The van der Waals surface area contributed by atoms with Gasteiger partial charge in [0.05, 0.1) is 21.8 Å². The Kier molecular flexibility index (Phi) is 4.51. The number of nitrogens with one attached hydrogen (secondary N) is 1. The highest BCUT2D eigenvalue weighted by molar-refractivity contribution is 8.00. The topological polar surface area (TPSA) is 64.0 Å². The van der Waals surface area contributed by atoms with Crippen molar-refractivity contribution in [2.75, 3.05) is 0 Å². The lowest BCUT2D eigenvalue weighted by atomic mass is 10.2. The molecule has 3 aromatic rings. The van der Waals surface area contributed by atoms with E-state index in [4.69, 9.17) is 0 Å². The SMILES string of the molecule is CC(Sc1nc2ccccc2c(=O)n1-c1ccccc1)C(=O)NC1CC1. The fourth-order valence-corrected chi connectivity index (χ4v) is 3.69. The summed E-state index contributed by atoms with van der Waals surface area (Å²) in [6, 6.07) is 17.0. The van der Waals surface area contributed by atoms with Crippen LogP contribution in [0.5, 0.6) is 0 Å². The lowest BCUT2D eigenvalue weighted by Gasteiger charge is -2.16. The summed E-state index contributed by atoms with van der Waals surface area (Å²) in [7, 11) is 0. The molecular weight excluding hydrogens is 346 g/mol. The molecular formula is C20H19N3O2S. The Morgan fingerprint density at radius 1 is 1.15 bits per heavy atom. The Bertz CT molecular complexity index is 1010. The monoisotopic (exact) mass is 365 g/mol. The van der Waals surface area contributed by atoms with E-state index in [-0.39, 0.29) is 16.7 Å². The molecule has 1 unspecified atom stereocenters. The van der Waals surface area contributed by atoms with Gasteiger partial charge in [-0.15, -0.1) is 0 Å². The summed E-state index contributed by atoms with van der Waals surface area (Å²) in [5, 5.41) is 3.77. The number of carbonyl (C=O) groups excluding carboxylic acids is 1. The summed E-state index contributed by atoms with van der Waals surface area (Å²) in [4.78, 5) is 30.1. The van der Waals surface area contributed by atoms with Crippen LogP contribution in [0.25, 0.3) is 16.6 Å². The summed E-state index contributed by atoms with van der Waals surface area (Å²) in [6.07, 6.45) is 2.10. The molecule has 1 aliphatic carbocycles. The summed E-state index contributed by atoms with van der Waals surface area (Å²) in [5.41, 5.74) is 1.26. The molecule has 1 amide bonds. The standard InChI is InChI=1S/C20H19N3O2S/c1-13(18(24)21-14-11-12-14)26-20-22-17-10-6-5-9-16(17)19(25)23(20)15-7-3-2-4-8-15/h2-10,13-14H,11-12H2,1H3,(H,21,24). The second kappa shape index (κ2) is 6.96. The van der Waals surface area contributed by atoms with Gasteiger partial charge in [-0.1, -0.05) is 42.1 Å². The molecule has 1 heterocycles. The minimum Gasteiger partial charge on any atom is -0.352 e. The van der Waals surface area contributed by atoms with Crippen LogP contribution >= 0.6 is 11.8 Å². The molecule has 1 atom stereocenters. The first kappa shape index (κ1) is 16.8. The molecule has 0 bridgehead atoms. The van der Waals surface area contributed by atoms with Crippen LogP contribution in [0.15, 0.2) is 64.5 Å². The maximum absolute atomic E-state index is 13.1. The molecule has 0 aliphatic heterocycles. The molecule has 26 heavy (non-hydrogen) atoms. The van der Waals surface area contributed by atoms with Gasteiger partial charge in [-0.25, -0.2) is 4.98 Å². The van der Waals surface area contributed by atoms with Crippen LogP contribution in [0.4, 0.5) is 0 Å². The Hall–Kier alpha value is -2.60. The number of benzene rings is 2. The van der Waals surface area contributed by atoms with Gasteiger partial charge in [-0.2, -0.15) is 0 Å². The normalized spacial score (nSPS) is 15.0. The first-order valence-electron chi connectivity index (χ1n) is 8.68. The van der Waals surface area contributed by atoms with Gasteiger partial charge < -0.3 is 5.32 Å². The molecule has 1 saturated carbocycles. The van der Waals surface area contributed by atoms with Crippen LogP contribution < -0.4 is 10.9 Å². The van der Waals surface area contributed by atoms with E-state index in [0.29, 0.717) is 22.1 Å². The van der Waals surface area contributed by atoms with E-state index >= 15 is 0 Å². The van der Waals surface area contributed by atoms with Gasteiger partial charge in [0.15, 0.2) is 5.16 Å². The highest BCUT2D eigenvalue weighted by Crippen LogP contribution is 2.26. The molecule has 1 aliphatic rings. The summed E-state index contributed by atoms with van der Waals surface area (Å²) in [6.45, 7) is 1.85. The second-order valence-electron chi connectivity index (χ2n) is 6.43. The molecule has 0 radical (unpaired) electrons. The quantitative estimate of drug-likeness (QED) is 0.557. The minimum atomic E-state index is -0.335. The number of hydrogen-bond acceptors (Lipinski definition) is 4. The number of rotatable bonds is 5. The molecule has 6 heteroatoms. The summed E-state index contributed by atoms with van der Waals surface area (Å²) >= 11 is 1.31. The molecule has 0 spiro atoms. The third-order valence-electron chi connectivity index (χ3n) is 4.33. The predicted octanol–water partition coefficient (Wildman–Crippen LogP) is 3.14. The zero-order valence-electron chi connectivity index (χ0n) is 14.4. The van der Waals surface area contributed by atoms with E-state index in [1.165, 1.54) is 11.8 Å². The maximum atomic E-state index is 13.1. The summed E-state index contributed by atoms with van der Waals surface area (Å²) in [5.74, 6) is -0.0143. The molecule has 1 N–H and O–H groups in total. The first-order valence-corrected chi connectivity index (χ1v) is 9.55. The van der Waals surface area contributed by atoms with Gasteiger partial charge in [-0.05, 0) is 44.0 Å². The number of hydrogen-bond donors (Lipinski definition) is 1. The van der Waals surface area contributed by atoms with Gasteiger partial charge in [0.2, 0.25) is 5.91 Å². The molecule has 132 valence electrons. The van der Waals surface area contributed by atoms with E-state index < -0.39 is 0 Å². The largest absolute Gasteiger partial charge is 0.352 e. The van der Waals surface area contributed by atoms with Crippen molar-refractivity contribution in [3.63, 3.8) is 0 Å². The van der Waals surface area contributed by atoms with Crippen molar-refractivity contribution in [2.24, 2.45) is 0 Å². The number of aromatic nitrogens is 2. The fraction of sp³-hybridized carbons (Fsp3) is 0.250. The average Bonchev–Trinajstić information content (AvgIpc) is 3.46. The third-order valence-corrected chi connectivity index (χ3v) is 5.39. The van der Waals surface area contributed by atoms with Crippen molar-refractivity contribution in [3.8, 4) is 5.69 Å². The lowest BCUT2D eigenvalue weighted by molar-refractivity contribution is -0.120. The van der Waals surface area contributed by atoms with Crippen LogP contribution in [-0.2, 0) is 4.79 Å². The Morgan fingerprint density at radius 3 is 2.58 bits per heavy atom. The number of thioether (sulfide) groups is 1. The van der Waals surface area contributed by atoms with Crippen molar-refractivity contribution in [1.29, 1.82) is 0 Å². The van der Waals surface area contributed by atoms with E-state index in [1.54, 1.807) is 10.6 Å². The highest BCUT2D eigenvalue weighted by Gasteiger charge is 2.27. The highest BCUT2D eigenvalue weighted by atomic mass is 32.2. The minimum absolute atomic E-state index is 0.0143. The Labute approximate surface area is 155 Å². The summed E-state index contributed by atoms with van der Waals surface area (Å²) < 4.78 is 1.59. The van der Waals surface area contributed by atoms with Crippen LogP contribution in [0, 0.1) is 0 Å². The van der Waals surface area contributed by atoms with Crippen LogP contribution in [-0.4, -0.2) is 26.8 Å². The van der Waals surface area contributed by atoms with E-state index in [0.717, 1.165) is 18.5 Å². The van der Waals surface area contributed by atoms with Crippen LogP contribution in [0.3, 0.4) is 0 Å². The zero-order chi connectivity index (χ0) is 18.1. The number of amides is 1. The van der Waals surface area contributed by atoms with Gasteiger partial charge >= 0.3 is 0 Å². The van der Waals surface area contributed by atoms with Crippen LogP contribution in [0.2, 0.25) is 0 Å². The van der Waals surface area contributed by atoms with Gasteiger partial charge in [0, 0.05) is 6.04 Å². The molecule has 1 fully saturated rings. The lowest BCUT2D eigenvalue weighted by Crippen LogP contribution is -2.33. The average molecular weight is 365 g/mol. The van der Waals surface area contributed by atoms with Crippen molar-refractivity contribution in [1.82, 2.24) is 14.9 Å². The van der Waals surface area contributed by atoms with Crippen molar-refractivity contribution in [3.05, 3.63) is 65.0 Å².